The normalized spacial score (nSPS) is 30.8. The summed E-state index contributed by atoms with van der Waals surface area (Å²) in [4.78, 5) is 36.0. The minimum absolute atomic E-state index is 0. The standard InChI is InChI=1S/C17H16FNO6.BrH/c1-22-13-9-14(20)23-15(13)17(10-5-2-3-6-11(10)18)19-8-4-7-12(19)16(21)24-25-17;/h2-3,5-6,9,12,15H,4,7-8H2,1H3;1H/t12-,15?,17?;/m0./s1. The lowest BCUT2D eigenvalue weighted by Gasteiger charge is -2.47. The van der Waals surface area contributed by atoms with Crippen molar-refractivity contribution in [3.8, 4) is 0 Å². The number of rotatable bonds is 3. The van der Waals surface area contributed by atoms with E-state index in [-0.39, 0.29) is 28.3 Å². The molecule has 1 aromatic rings. The van der Waals surface area contributed by atoms with Gasteiger partial charge in [-0.05, 0) is 18.9 Å². The number of hydrogen-bond acceptors (Lipinski definition) is 7. The van der Waals surface area contributed by atoms with Crippen LogP contribution in [0.4, 0.5) is 4.39 Å². The Morgan fingerprint density at radius 2 is 2.08 bits per heavy atom. The molecule has 26 heavy (non-hydrogen) atoms. The zero-order valence-corrected chi connectivity index (χ0v) is 15.6. The van der Waals surface area contributed by atoms with Gasteiger partial charge in [-0.3, -0.25) is 9.79 Å². The maximum atomic E-state index is 14.7. The van der Waals surface area contributed by atoms with Crippen molar-refractivity contribution in [3.63, 3.8) is 0 Å². The molecule has 0 spiro atoms. The SMILES string of the molecule is Br.COC1=CC(=O)OC1C1(c2ccccc2F)OOC(=O)[C@@H]2CCCN21. The molecule has 0 amide bonds. The van der Waals surface area contributed by atoms with Gasteiger partial charge in [0.15, 0.2) is 0 Å². The number of carbonyl (C=O) groups is 2. The highest BCUT2D eigenvalue weighted by Gasteiger charge is 2.63. The predicted octanol–water partition coefficient (Wildman–Crippen LogP) is 1.96. The number of fused-ring (bicyclic) bond motifs is 1. The number of cyclic esters (lactones) is 1. The van der Waals surface area contributed by atoms with Gasteiger partial charge in [0.25, 0.3) is 0 Å². The van der Waals surface area contributed by atoms with Crippen LogP contribution in [0.3, 0.4) is 0 Å². The van der Waals surface area contributed by atoms with E-state index in [9.17, 15) is 14.0 Å². The molecule has 3 heterocycles. The number of halogens is 2. The van der Waals surface area contributed by atoms with Crippen LogP contribution in [-0.2, 0) is 34.6 Å². The Bertz CT molecular complexity index is 771. The Morgan fingerprint density at radius 3 is 2.81 bits per heavy atom. The van der Waals surface area contributed by atoms with E-state index >= 15 is 0 Å². The van der Waals surface area contributed by atoms with Gasteiger partial charge in [-0.1, -0.05) is 18.2 Å². The van der Waals surface area contributed by atoms with Crippen LogP contribution < -0.4 is 0 Å². The molecule has 0 bridgehead atoms. The predicted molar refractivity (Wildman–Crippen MR) is 90.3 cm³/mol. The Hall–Kier alpha value is -1.97. The van der Waals surface area contributed by atoms with Crippen LogP contribution in [0.2, 0.25) is 0 Å². The monoisotopic (exact) mass is 429 g/mol. The molecule has 0 N–H and O–H groups in total. The molecular formula is C17H17BrFNO6. The van der Waals surface area contributed by atoms with Gasteiger partial charge in [0.05, 0.1) is 13.2 Å². The number of benzene rings is 1. The van der Waals surface area contributed by atoms with Gasteiger partial charge in [0.1, 0.15) is 17.6 Å². The van der Waals surface area contributed by atoms with Crippen molar-refractivity contribution in [3.05, 3.63) is 47.5 Å². The van der Waals surface area contributed by atoms with Crippen molar-refractivity contribution in [2.75, 3.05) is 13.7 Å². The van der Waals surface area contributed by atoms with Gasteiger partial charge in [-0.15, -0.1) is 17.0 Å². The van der Waals surface area contributed by atoms with Crippen LogP contribution >= 0.6 is 17.0 Å². The van der Waals surface area contributed by atoms with Crippen molar-refractivity contribution in [2.45, 2.75) is 30.7 Å². The number of carbonyl (C=O) groups excluding carboxylic acids is 2. The lowest BCUT2D eigenvalue weighted by molar-refractivity contribution is -0.419. The van der Waals surface area contributed by atoms with Crippen molar-refractivity contribution in [2.24, 2.45) is 0 Å². The van der Waals surface area contributed by atoms with E-state index < -0.39 is 35.6 Å². The van der Waals surface area contributed by atoms with Crippen molar-refractivity contribution in [1.82, 2.24) is 4.90 Å². The Morgan fingerprint density at radius 1 is 1.31 bits per heavy atom. The minimum Gasteiger partial charge on any atom is -0.497 e. The lowest BCUT2D eigenvalue weighted by atomic mass is 9.92. The second-order valence-corrected chi connectivity index (χ2v) is 6.08. The minimum atomic E-state index is -1.64. The fourth-order valence-electron chi connectivity index (χ4n) is 3.74. The molecule has 2 fully saturated rings. The molecule has 0 aromatic heterocycles. The fraction of sp³-hybridized carbons (Fsp3) is 0.412. The third kappa shape index (κ3) is 2.62. The molecule has 140 valence electrons. The van der Waals surface area contributed by atoms with Gasteiger partial charge in [-0.25, -0.2) is 14.0 Å². The summed E-state index contributed by atoms with van der Waals surface area (Å²) in [6.07, 6.45) is 1.32. The maximum absolute atomic E-state index is 14.7. The lowest BCUT2D eigenvalue weighted by Crippen LogP contribution is -2.63. The quantitative estimate of drug-likeness (QED) is 0.536. The van der Waals surface area contributed by atoms with Crippen LogP contribution in [0.5, 0.6) is 0 Å². The maximum Gasteiger partial charge on any atom is 0.359 e. The molecule has 0 radical (unpaired) electrons. The van der Waals surface area contributed by atoms with E-state index in [1.165, 1.54) is 31.4 Å². The van der Waals surface area contributed by atoms with Crippen LogP contribution in [0.1, 0.15) is 18.4 Å². The molecule has 3 aliphatic heterocycles. The number of nitrogens with zero attached hydrogens (tertiary/aromatic N) is 1. The average Bonchev–Trinajstić information content (AvgIpc) is 3.24. The molecular weight excluding hydrogens is 413 g/mol. The molecule has 2 saturated heterocycles. The van der Waals surface area contributed by atoms with E-state index in [4.69, 9.17) is 19.2 Å². The van der Waals surface area contributed by atoms with Crippen molar-refractivity contribution in [1.29, 1.82) is 0 Å². The van der Waals surface area contributed by atoms with Crippen molar-refractivity contribution < 1.29 is 33.2 Å². The second kappa shape index (κ2) is 6.98. The van der Waals surface area contributed by atoms with Crippen LogP contribution in [0, 0.1) is 5.82 Å². The average molecular weight is 430 g/mol. The van der Waals surface area contributed by atoms with Crippen LogP contribution in [0.15, 0.2) is 36.1 Å². The summed E-state index contributed by atoms with van der Waals surface area (Å²) >= 11 is 0. The second-order valence-electron chi connectivity index (χ2n) is 6.08. The summed E-state index contributed by atoms with van der Waals surface area (Å²) in [6, 6.07) is 5.36. The highest BCUT2D eigenvalue weighted by Crippen LogP contribution is 2.47. The Balaban J connectivity index is 0.00000196. The zero-order valence-electron chi connectivity index (χ0n) is 13.8. The van der Waals surface area contributed by atoms with Gasteiger partial charge < -0.3 is 9.47 Å². The number of ether oxygens (including phenoxy) is 2. The largest absolute Gasteiger partial charge is 0.497 e. The Kier molecular flexibility index (Phi) is 5.05. The summed E-state index contributed by atoms with van der Waals surface area (Å²) < 4.78 is 25.3. The molecule has 3 aliphatic rings. The topological polar surface area (TPSA) is 74.3 Å². The summed E-state index contributed by atoms with van der Waals surface area (Å²) in [5.74, 6) is -1.56. The number of hydrogen-bond donors (Lipinski definition) is 0. The molecule has 2 unspecified atom stereocenters. The third-order valence-electron chi connectivity index (χ3n) is 4.81. The van der Waals surface area contributed by atoms with E-state index in [1.807, 2.05) is 0 Å². The first-order chi connectivity index (χ1) is 12.1. The molecule has 0 saturated carbocycles. The highest BCUT2D eigenvalue weighted by atomic mass is 79.9. The molecule has 9 heteroatoms. The molecule has 3 atom stereocenters. The summed E-state index contributed by atoms with van der Waals surface area (Å²) in [7, 11) is 1.38. The summed E-state index contributed by atoms with van der Waals surface area (Å²) in [5, 5.41) is 0. The third-order valence-corrected chi connectivity index (χ3v) is 4.81. The molecule has 1 aromatic carbocycles. The molecule has 0 aliphatic carbocycles. The molecule has 7 nitrogen and oxygen atoms in total. The summed E-state index contributed by atoms with van der Waals surface area (Å²) in [6.45, 7) is 0.457. The van der Waals surface area contributed by atoms with Gasteiger partial charge >= 0.3 is 11.9 Å². The summed E-state index contributed by atoms with van der Waals surface area (Å²) in [5.41, 5.74) is -1.54. The number of esters is 1. The van der Waals surface area contributed by atoms with Gasteiger partial charge in [0, 0.05) is 12.1 Å². The highest BCUT2D eigenvalue weighted by molar-refractivity contribution is 8.93. The van der Waals surface area contributed by atoms with E-state index in [1.54, 1.807) is 11.0 Å². The first kappa shape index (κ1) is 18.8. The number of methoxy groups -OCH3 is 1. The van der Waals surface area contributed by atoms with Gasteiger partial charge in [-0.2, -0.15) is 4.89 Å². The fourth-order valence-corrected chi connectivity index (χ4v) is 3.74. The van der Waals surface area contributed by atoms with Crippen LogP contribution in [-0.4, -0.2) is 42.6 Å². The van der Waals surface area contributed by atoms with E-state index in [2.05, 4.69) is 0 Å². The smallest absolute Gasteiger partial charge is 0.359 e. The van der Waals surface area contributed by atoms with Crippen molar-refractivity contribution >= 4 is 28.9 Å². The Labute approximate surface area is 159 Å². The van der Waals surface area contributed by atoms with E-state index in [0.29, 0.717) is 19.4 Å². The first-order valence-electron chi connectivity index (χ1n) is 7.95. The van der Waals surface area contributed by atoms with E-state index in [0.717, 1.165) is 0 Å². The first-order valence-corrected chi connectivity index (χ1v) is 7.95. The molecule has 4 rings (SSSR count). The van der Waals surface area contributed by atoms with Gasteiger partial charge in [0.2, 0.25) is 11.8 Å². The van der Waals surface area contributed by atoms with Crippen LogP contribution in [0.25, 0.3) is 0 Å². The zero-order chi connectivity index (χ0) is 17.6.